The summed E-state index contributed by atoms with van der Waals surface area (Å²) in [5, 5.41) is 2.66. The van der Waals surface area contributed by atoms with Gasteiger partial charge in [-0.05, 0) is 35.4 Å². The quantitative estimate of drug-likeness (QED) is 0.541. The normalized spacial score (nSPS) is 11.6. The summed E-state index contributed by atoms with van der Waals surface area (Å²) in [6.07, 6.45) is 3.94. The molecule has 4 rings (SSSR count). The van der Waals surface area contributed by atoms with Crippen LogP contribution in [0.2, 0.25) is 0 Å². The van der Waals surface area contributed by atoms with Crippen LogP contribution in [0, 0.1) is 0 Å². The molecule has 0 aliphatic carbocycles. The van der Waals surface area contributed by atoms with E-state index in [1.54, 1.807) is 17.0 Å². The Hall–Kier alpha value is -4.06. The average Bonchev–Trinajstić information content (AvgIpc) is 2.90. The molecule has 138 valence electrons. The predicted octanol–water partition coefficient (Wildman–Crippen LogP) is 4.75. The van der Waals surface area contributed by atoms with Crippen molar-refractivity contribution in [3.63, 3.8) is 0 Å². The monoisotopic (exact) mass is 370 g/mol. The second kappa shape index (κ2) is 7.67. The van der Waals surface area contributed by atoms with E-state index < -0.39 is 12.1 Å². The average molecular weight is 370 g/mol. The number of rotatable bonds is 1. The largest absolute Gasteiger partial charge is 0.345 e. The van der Waals surface area contributed by atoms with Crippen LogP contribution >= 0.6 is 0 Å². The molecule has 0 aromatic heterocycles. The van der Waals surface area contributed by atoms with Crippen molar-refractivity contribution in [1.29, 1.82) is 0 Å². The zero-order chi connectivity index (χ0) is 19.3. The van der Waals surface area contributed by atoms with Crippen LogP contribution in [-0.4, -0.2) is 12.1 Å². The molecule has 0 spiro atoms. The van der Waals surface area contributed by atoms with Gasteiger partial charge in [-0.2, -0.15) is 0 Å². The van der Waals surface area contributed by atoms with Crippen LogP contribution in [0.4, 0.5) is 26.7 Å². The lowest BCUT2D eigenvalue weighted by Crippen LogP contribution is -2.49. The smallest absolute Gasteiger partial charge is 0.307 e. The van der Waals surface area contributed by atoms with Gasteiger partial charge in [0, 0.05) is 5.69 Å². The van der Waals surface area contributed by atoms with E-state index in [4.69, 9.17) is 0 Å². The van der Waals surface area contributed by atoms with Crippen LogP contribution in [0.25, 0.3) is 12.2 Å². The Morgan fingerprint density at radius 3 is 1.79 bits per heavy atom. The van der Waals surface area contributed by atoms with E-state index in [-0.39, 0.29) is 0 Å². The maximum absolute atomic E-state index is 13.0. The summed E-state index contributed by atoms with van der Waals surface area (Å²) in [5.41, 5.74) is 8.77. The number of fused-ring (bicyclic) bond motifs is 2. The number of hydrogen-bond donors (Lipinski definition) is 3. The SMILES string of the molecule is O=C(NNC(=O)N1c2ccccc2C=Cc2ccccc21)Nc1ccccc1. The zero-order valence-corrected chi connectivity index (χ0v) is 14.9. The topological polar surface area (TPSA) is 73.5 Å². The van der Waals surface area contributed by atoms with Crippen molar-refractivity contribution in [1.82, 2.24) is 10.9 Å². The van der Waals surface area contributed by atoms with E-state index in [1.807, 2.05) is 78.9 Å². The van der Waals surface area contributed by atoms with Gasteiger partial charge in [0.05, 0.1) is 11.4 Å². The van der Waals surface area contributed by atoms with Gasteiger partial charge < -0.3 is 5.32 Å². The van der Waals surface area contributed by atoms with Crippen LogP contribution in [0.1, 0.15) is 11.1 Å². The highest BCUT2D eigenvalue weighted by Crippen LogP contribution is 2.35. The Kier molecular flexibility index (Phi) is 4.76. The van der Waals surface area contributed by atoms with Crippen LogP contribution in [0.15, 0.2) is 78.9 Å². The van der Waals surface area contributed by atoms with Crippen molar-refractivity contribution >= 4 is 41.3 Å². The molecule has 1 aliphatic heterocycles. The van der Waals surface area contributed by atoms with Crippen molar-refractivity contribution in [3.05, 3.63) is 90.0 Å². The Morgan fingerprint density at radius 1 is 0.643 bits per heavy atom. The molecular weight excluding hydrogens is 352 g/mol. The molecule has 3 N–H and O–H groups in total. The molecule has 0 radical (unpaired) electrons. The molecule has 6 nitrogen and oxygen atoms in total. The molecule has 1 heterocycles. The molecule has 6 heteroatoms. The molecule has 0 fully saturated rings. The van der Waals surface area contributed by atoms with E-state index in [0.717, 1.165) is 22.5 Å². The zero-order valence-electron chi connectivity index (χ0n) is 14.9. The van der Waals surface area contributed by atoms with Gasteiger partial charge in [-0.3, -0.25) is 4.90 Å². The first-order valence-electron chi connectivity index (χ1n) is 8.81. The number of benzene rings is 3. The fraction of sp³-hybridized carbons (Fsp3) is 0. The molecule has 3 aromatic rings. The lowest BCUT2D eigenvalue weighted by atomic mass is 10.1. The lowest BCUT2D eigenvalue weighted by Gasteiger charge is -2.25. The van der Waals surface area contributed by atoms with E-state index in [9.17, 15) is 9.59 Å². The maximum atomic E-state index is 13.0. The van der Waals surface area contributed by atoms with Crippen molar-refractivity contribution in [2.24, 2.45) is 0 Å². The molecule has 0 atom stereocenters. The predicted molar refractivity (Wildman–Crippen MR) is 111 cm³/mol. The molecule has 0 bridgehead atoms. The third kappa shape index (κ3) is 3.57. The number of para-hydroxylation sites is 3. The molecule has 1 aliphatic rings. The number of anilines is 3. The second-order valence-corrected chi connectivity index (χ2v) is 6.16. The first-order chi connectivity index (χ1) is 13.7. The van der Waals surface area contributed by atoms with Gasteiger partial charge in [0.25, 0.3) is 0 Å². The fourth-order valence-electron chi connectivity index (χ4n) is 3.04. The first-order valence-corrected chi connectivity index (χ1v) is 8.81. The third-order valence-electron chi connectivity index (χ3n) is 4.32. The molecule has 0 saturated carbocycles. The number of nitrogens with zero attached hydrogens (tertiary/aromatic N) is 1. The first kappa shape index (κ1) is 17.4. The summed E-state index contributed by atoms with van der Waals surface area (Å²) >= 11 is 0. The van der Waals surface area contributed by atoms with Crippen LogP contribution in [0.3, 0.4) is 0 Å². The number of carbonyl (C=O) groups excluding carboxylic acids is 2. The minimum Gasteiger partial charge on any atom is -0.307 e. The number of nitrogens with one attached hydrogen (secondary N) is 3. The summed E-state index contributed by atoms with van der Waals surface area (Å²) in [6.45, 7) is 0. The number of carbonyl (C=O) groups is 2. The summed E-state index contributed by atoms with van der Waals surface area (Å²) in [5.74, 6) is 0. The lowest BCUT2D eigenvalue weighted by molar-refractivity contribution is 0.235. The van der Waals surface area contributed by atoms with Gasteiger partial charge in [0.15, 0.2) is 0 Å². The molecule has 0 unspecified atom stereocenters. The number of amides is 4. The van der Waals surface area contributed by atoms with Crippen LogP contribution in [-0.2, 0) is 0 Å². The van der Waals surface area contributed by atoms with Crippen molar-refractivity contribution in [2.45, 2.75) is 0 Å². The van der Waals surface area contributed by atoms with Crippen LogP contribution in [0.5, 0.6) is 0 Å². The second-order valence-electron chi connectivity index (χ2n) is 6.16. The maximum Gasteiger partial charge on any atom is 0.345 e. The molecule has 3 aromatic carbocycles. The van der Waals surface area contributed by atoms with Crippen molar-refractivity contribution in [3.8, 4) is 0 Å². The minimum absolute atomic E-state index is 0.466. The van der Waals surface area contributed by atoms with Gasteiger partial charge in [-0.1, -0.05) is 66.7 Å². The number of hydrazine groups is 1. The Bertz CT molecular complexity index is 998. The standard InChI is InChI=1S/C22H18N4O2/c27-21(23-18-10-2-1-3-11-18)24-25-22(28)26-19-12-6-4-8-16(19)14-15-17-9-5-7-13-20(17)26/h1-15H,(H,25,28)(H2,23,24,27). The van der Waals surface area contributed by atoms with Crippen molar-refractivity contribution < 1.29 is 9.59 Å². The van der Waals surface area contributed by atoms with Crippen LogP contribution < -0.4 is 21.1 Å². The molecule has 4 amide bonds. The third-order valence-corrected chi connectivity index (χ3v) is 4.32. The minimum atomic E-state index is -0.533. The van der Waals surface area contributed by atoms with E-state index >= 15 is 0 Å². The van der Waals surface area contributed by atoms with E-state index in [2.05, 4.69) is 16.2 Å². The summed E-state index contributed by atoms with van der Waals surface area (Å²) in [7, 11) is 0. The van der Waals surface area contributed by atoms with Gasteiger partial charge in [-0.25, -0.2) is 20.4 Å². The highest BCUT2D eigenvalue weighted by Gasteiger charge is 2.24. The highest BCUT2D eigenvalue weighted by atomic mass is 16.2. The van der Waals surface area contributed by atoms with Gasteiger partial charge in [-0.15, -0.1) is 0 Å². The molecule has 28 heavy (non-hydrogen) atoms. The summed E-state index contributed by atoms with van der Waals surface area (Å²) < 4.78 is 0. The Labute approximate surface area is 162 Å². The molecule has 0 saturated heterocycles. The van der Waals surface area contributed by atoms with E-state index in [1.165, 1.54) is 0 Å². The van der Waals surface area contributed by atoms with Crippen molar-refractivity contribution in [2.75, 3.05) is 10.2 Å². The molecular formula is C22H18N4O2. The van der Waals surface area contributed by atoms with Gasteiger partial charge in [0.1, 0.15) is 0 Å². The highest BCUT2D eigenvalue weighted by molar-refractivity contribution is 6.06. The number of hydrogen-bond acceptors (Lipinski definition) is 2. The Balaban J connectivity index is 1.55. The fourth-order valence-corrected chi connectivity index (χ4v) is 3.04. The van der Waals surface area contributed by atoms with Gasteiger partial charge >= 0.3 is 12.1 Å². The van der Waals surface area contributed by atoms with Gasteiger partial charge in [0.2, 0.25) is 0 Å². The number of urea groups is 2. The Morgan fingerprint density at radius 2 is 1.18 bits per heavy atom. The van der Waals surface area contributed by atoms with E-state index in [0.29, 0.717) is 5.69 Å². The summed E-state index contributed by atoms with van der Waals surface area (Å²) in [4.78, 5) is 26.6. The summed E-state index contributed by atoms with van der Waals surface area (Å²) in [6, 6.07) is 23.2.